The number of benzene rings is 1. The van der Waals surface area contributed by atoms with Crippen molar-refractivity contribution in [2.75, 3.05) is 28.8 Å². The lowest BCUT2D eigenvalue weighted by Crippen LogP contribution is -2.55. The zero-order chi connectivity index (χ0) is 40.3. The number of hydrogen-bond donors (Lipinski definition) is 2. The minimum atomic E-state index is -0.727. The first-order valence-electron chi connectivity index (χ1n) is 20.0. The molecule has 1 aromatic carbocycles. The van der Waals surface area contributed by atoms with E-state index in [4.69, 9.17) is 23.9 Å². The van der Waals surface area contributed by atoms with E-state index in [9.17, 15) is 24.0 Å². The number of carbonyl (C=O) groups excluding carboxylic acids is 5. The first kappa shape index (κ1) is 40.7. The lowest BCUT2D eigenvalue weighted by Gasteiger charge is -2.43. The topological polar surface area (TPSA) is 179 Å². The van der Waals surface area contributed by atoms with Crippen LogP contribution in [0, 0.1) is 5.92 Å². The molecule has 2 fully saturated rings. The van der Waals surface area contributed by atoms with Crippen molar-refractivity contribution in [3.63, 3.8) is 0 Å². The molecule has 5 atom stereocenters. The number of fused-ring (bicyclic) bond motifs is 2. The fourth-order valence-electron chi connectivity index (χ4n) is 8.70. The summed E-state index contributed by atoms with van der Waals surface area (Å²) in [6, 6.07) is 2.97. The molecule has 4 aliphatic rings. The number of nitrogens with one attached hydrogen (secondary N) is 2. The molecular formula is C41H56N6O9. The molecule has 2 N–H and O–H groups in total. The first-order valence-corrected chi connectivity index (χ1v) is 20.0. The number of Topliss-reactive ketones (excluding diaryl/α,β-unsaturated/α-hetero) is 1. The summed E-state index contributed by atoms with van der Waals surface area (Å²) in [5.41, 5.74) is 2.03. The van der Waals surface area contributed by atoms with Gasteiger partial charge in [-0.25, -0.2) is 9.78 Å². The van der Waals surface area contributed by atoms with Gasteiger partial charge in [0, 0.05) is 57.3 Å². The van der Waals surface area contributed by atoms with E-state index in [2.05, 4.69) is 20.5 Å². The Morgan fingerprint density at radius 1 is 1.02 bits per heavy atom. The molecule has 0 radical (unpaired) electrons. The van der Waals surface area contributed by atoms with Gasteiger partial charge < -0.3 is 39.4 Å². The van der Waals surface area contributed by atoms with Crippen LogP contribution in [0.25, 0.3) is 0 Å². The van der Waals surface area contributed by atoms with Crippen molar-refractivity contribution in [3.8, 4) is 5.75 Å². The molecule has 2 aliphatic heterocycles. The highest BCUT2D eigenvalue weighted by molar-refractivity contribution is 6.04. The van der Waals surface area contributed by atoms with E-state index < -0.39 is 41.9 Å². The molecule has 2 aromatic rings. The van der Waals surface area contributed by atoms with E-state index in [1.165, 1.54) is 13.8 Å². The molecule has 1 aromatic heterocycles. The Morgan fingerprint density at radius 3 is 2.41 bits per heavy atom. The number of ether oxygens (including phenoxy) is 4. The van der Waals surface area contributed by atoms with Gasteiger partial charge in [0.25, 0.3) is 0 Å². The Hall–Kier alpha value is -4.95. The minimum absolute atomic E-state index is 0.0327. The average Bonchev–Trinajstić information content (AvgIpc) is 3.84. The monoisotopic (exact) mass is 776 g/mol. The van der Waals surface area contributed by atoms with Gasteiger partial charge in [0.05, 0.1) is 24.5 Å². The van der Waals surface area contributed by atoms with Crippen molar-refractivity contribution in [1.29, 1.82) is 0 Å². The van der Waals surface area contributed by atoms with Crippen LogP contribution < -0.4 is 25.2 Å². The summed E-state index contributed by atoms with van der Waals surface area (Å²) in [6.45, 7) is 10.4. The fourth-order valence-corrected chi connectivity index (χ4v) is 8.70. The molecule has 15 nitrogen and oxygen atoms in total. The van der Waals surface area contributed by atoms with Crippen LogP contribution in [0.1, 0.15) is 122 Å². The first-order chi connectivity index (χ1) is 26.6. The number of carbonyl (C=O) groups is 5. The minimum Gasteiger partial charge on any atom is -0.491 e. The van der Waals surface area contributed by atoms with Crippen molar-refractivity contribution < 1.29 is 42.9 Å². The van der Waals surface area contributed by atoms with Crippen LogP contribution in [0.15, 0.2) is 18.3 Å². The zero-order valence-electron chi connectivity index (χ0n) is 33.6. The van der Waals surface area contributed by atoms with E-state index in [1.54, 1.807) is 38.9 Å². The van der Waals surface area contributed by atoms with E-state index in [0.29, 0.717) is 67.3 Å². The molecule has 6 rings (SSSR count). The van der Waals surface area contributed by atoms with E-state index >= 15 is 0 Å². The SMILES string of the molecule is CC[C@@H]1C(=O)N(C)c2cnc(Nc3ccc(C(=O)CCC[C@@H]4C[C@@H](OC(C)=O)[C@H](NC(=O)OC(C)(C)C)C[C@H]4OC(C)=O)c4c3OCC4)nc2N1C1CCCC1. The molecule has 304 valence electrons. The summed E-state index contributed by atoms with van der Waals surface area (Å²) in [5.74, 6) is 0.591. The second kappa shape index (κ2) is 17.0. The number of likely N-dealkylation sites (N-methyl/N-ethyl adjacent to an activating group) is 1. The van der Waals surface area contributed by atoms with Gasteiger partial charge in [0.15, 0.2) is 11.6 Å². The predicted molar refractivity (Wildman–Crippen MR) is 208 cm³/mol. The van der Waals surface area contributed by atoms with Gasteiger partial charge in [-0.3, -0.25) is 19.2 Å². The second-order valence-corrected chi connectivity index (χ2v) is 16.4. The van der Waals surface area contributed by atoms with Gasteiger partial charge in [-0.2, -0.15) is 4.98 Å². The molecule has 2 saturated carbocycles. The van der Waals surface area contributed by atoms with Crippen molar-refractivity contribution in [2.45, 2.75) is 148 Å². The largest absolute Gasteiger partial charge is 0.491 e. The van der Waals surface area contributed by atoms with E-state index in [-0.39, 0.29) is 42.5 Å². The molecule has 56 heavy (non-hydrogen) atoms. The maximum absolute atomic E-state index is 13.8. The van der Waals surface area contributed by atoms with E-state index in [0.717, 1.165) is 37.1 Å². The Kier molecular flexibility index (Phi) is 12.4. The second-order valence-electron chi connectivity index (χ2n) is 16.4. The number of amides is 2. The zero-order valence-corrected chi connectivity index (χ0v) is 33.6. The lowest BCUT2D eigenvalue weighted by molar-refractivity contribution is -0.162. The summed E-state index contributed by atoms with van der Waals surface area (Å²) >= 11 is 0. The number of anilines is 4. The van der Waals surface area contributed by atoms with Crippen molar-refractivity contribution >= 4 is 52.9 Å². The molecule has 0 saturated heterocycles. The average molecular weight is 777 g/mol. The van der Waals surface area contributed by atoms with Crippen LogP contribution in [-0.2, 0) is 35.0 Å². The third-order valence-corrected chi connectivity index (χ3v) is 11.1. The molecule has 0 spiro atoms. The smallest absolute Gasteiger partial charge is 0.408 e. The maximum atomic E-state index is 13.8. The molecular weight excluding hydrogens is 720 g/mol. The Labute approximate surface area is 328 Å². The number of aromatic nitrogens is 2. The summed E-state index contributed by atoms with van der Waals surface area (Å²) in [4.78, 5) is 77.3. The van der Waals surface area contributed by atoms with Crippen LogP contribution in [0.5, 0.6) is 5.75 Å². The summed E-state index contributed by atoms with van der Waals surface area (Å²) in [6.07, 6.45) is 7.23. The Morgan fingerprint density at radius 2 is 1.73 bits per heavy atom. The van der Waals surface area contributed by atoms with Crippen molar-refractivity contribution in [3.05, 3.63) is 29.5 Å². The third kappa shape index (κ3) is 9.18. The standard InChI is InChI=1S/C41H56N6O9/c1-8-31-38(51)46(7)32-22-42-39(45-37(32)47(31)26-13-9-10-14-26)43-29-17-16-27(28-18-19-53-36(28)29)33(50)15-11-12-25-20-35(55-24(3)49)30(21-34(25)54-23(2)48)44-40(52)56-41(4,5)6/h16-17,22,25-26,30-31,34-35H,8-15,18-21H2,1-7H3,(H,44,52)(H,42,43,45)/t25-,30-,31-,34-,35-/m1/s1. The molecule has 3 heterocycles. The lowest BCUT2D eigenvalue weighted by atomic mass is 9.78. The van der Waals surface area contributed by atoms with Crippen LogP contribution >= 0.6 is 0 Å². The van der Waals surface area contributed by atoms with Gasteiger partial charge in [0.1, 0.15) is 35.3 Å². The molecule has 2 amide bonds. The number of nitrogens with zero attached hydrogens (tertiary/aromatic N) is 4. The van der Waals surface area contributed by atoms with Crippen molar-refractivity contribution in [2.24, 2.45) is 5.92 Å². The van der Waals surface area contributed by atoms with Crippen LogP contribution in [0.2, 0.25) is 0 Å². The summed E-state index contributed by atoms with van der Waals surface area (Å²) < 4.78 is 22.8. The van der Waals surface area contributed by atoms with Gasteiger partial charge in [0.2, 0.25) is 11.9 Å². The highest BCUT2D eigenvalue weighted by Gasteiger charge is 2.43. The number of esters is 2. The van der Waals surface area contributed by atoms with Gasteiger partial charge in [-0.1, -0.05) is 19.8 Å². The van der Waals surface area contributed by atoms with Gasteiger partial charge >= 0.3 is 18.0 Å². The number of hydrogen-bond acceptors (Lipinski definition) is 13. The maximum Gasteiger partial charge on any atom is 0.408 e. The summed E-state index contributed by atoms with van der Waals surface area (Å²) in [7, 11) is 1.78. The molecule has 15 heteroatoms. The van der Waals surface area contributed by atoms with Crippen molar-refractivity contribution in [1.82, 2.24) is 15.3 Å². The molecule has 0 bridgehead atoms. The van der Waals surface area contributed by atoms with Gasteiger partial charge in [-0.05, 0) is 77.3 Å². The number of alkyl carbamates (subject to hydrolysis) is 1. The van der Waals surface area contributed by atoms with Crippen LogP contribution in [0.3, 0.4) is 0 Å². The normalized spacial score (nSPS) is 23.5. The molecule has 2 aliphatic carbocycles. The number of rotatable bonds is 12. The predicted octanol–water partition coefficient (Wildman–Crippen LogP) is 6.18. The van der Waals surface area contributed by atoms with E-state index in [1.807, 2.05) is 19.1 Å². The fraction of sp³-hybridized carbons (Fsp3) is 0.634. The summed E-state index contributed by atoms with van der Waals surface area (Å²) in [5, 5.41) is 6.14. The third-order valence-electron chi connectivity index (χ3n) is 11.1. The molecule has 0 unspecified atom stereocenters. The quantitative estimate of drug-likeness (QED) is 0.142. The Balaban J connectivity index is 1.14. The number of ketones is 1. The van der Waals surface area contributed by atoms with Crippen LogP contribution in [-0.4, -0.2) is 89.3 Å². The highest BCUT2D eigenvalue weighted by Crippen LogP contribution is 2.42. The highest BCUT2D eigenvalue weighted by atomic mass is 16.6. The van der Waals surface area contributed by atoms with Gasteiger partial charge in [-0.15, -0.1) is 0 Å². The van der Waals surface area contributed by atoms with Crippen LogP contribution in [0.4, 0.5) is 27.9 Å². The Bertz CT molecular complexity index is 1820.